The van der Waals surface area contributed by atoms with Gasteiger partial charge in [0.1, 0.15) is 0 Å². The first kappa shape index (κ1) is 11.3. The zero-order valence-corrected chi connectivity index (χ0v) is 9.66. The van der Waals surface area contributed by atoms with Crippen LogP contribution in [0, 0.1) is 19.7 Å². The maximum absolute atomic E-state index is 12.9. The Bertz CT molecular complexity index is 534. The zero-order chi connectivity index (χ0) is 12.4. The van der Waals surface area contributed by atoms with E-state index in [0.29, 0.717) is 0 Å². The highest BCUT2D eigenvalue weighted by atomic mass is 19.1. The largest absolute Gasteiger partial charge is 0.381 e. The summed E-state index contributed by atoms with van der Waals surface area (Å²) < 4.78 is 12.9. The minimum Gasteiger partial charge on any atom is -0.381 e. The molecule has 2 rings (SSSR count). The first-order chi connectivity index (χ1) is 8.04. The SMILES string of the molecule is Cc1cc(C)cc(Nc2ncc(F)c(N)n2)c1. The van der Waals surface area contributed by atoms with Crippen LogP contribution in [0.3, 0.4) is 0 Å². The van der Waals surface area contributed by atoms with Crippen LogP contribution in [0.2, 0.25) is 0 Å². The highest BCUT2D eigenvalue weighted by Gasteiger charge is 2.03. The summed E-state index contributed by atoms with van der Waals surface area (Å²) >= 11 is 0. The van der Waals surface area contributed by atoms with Crippen LogP contribution in [0.5, 0.6) is 0 Å². The quantitative estimate of drug-likeness (QED) is 0.835. The molecule has 0 radical (unpaired) electrons. The van der Waals surface area contributed by atoms with Crippen molar-refractivity contribution in [3.8, 4) is 0 Å². The van der Waals surface area contributed by atoms with Crippen molar-refractivity contribution in [1.82, 2.24) is 9.97 Å². The van der Waals surface area contributed by atoms with Gasteiger partial charge >= 0.3 is 0 Å². The summed E-state index contributed by atoms with van der Waals surface area (Å²) in [6.07, 6.45) is 1.05. The average Bonchev–Trinajstić information content (AvgIpc) is 2.22. The van der Waals surface area contributed by atoms with Crippen molar-refractivity contribution in [2.45, 2.75) is 13.8 Å². The van der Waals surface area contributed by atoms with Gasteiger partial charge in [0, 0.05) is 5.69 Å². The molecule has 0 atom stereocenters. The third kappa shape index (κ3) is 2.69. The van der Waals surface area contributed by atoms with Gasteiger partial charge in [-0.05, 0) is 37.1 Å². The Labute approximate surface area is 98.7 Å². The number of rotatable bonds is 2. The van der Waals surface area contributed by atoms with Gasteiger partial charge in [-0.1, -0.05) is 6.07 Å². The smallest absolute Gasteiger partial charge is 0.229 e. The number of benzene rings is 1. The van der Waals surface area contributed by atoms with E-state index in [4.69, 9.17) is 5.73 Å². The van der Waals surface area contributed by atoms with Gasteiger partial charge in [-0.3, -0.25) is 0 Å². The van der Waals surface area contributed by atoms with Crippen LogP contribution in [0.1, 0.15) is 11.1 Å². The summed E-state index contributed by atoms with van der Waals surface area (Å²) in [5, 5.41) is 2.98. The number of aryl methyl sites for hydroxylation is 2. The molecule has 3 N–H and O–H groups in total. The predicted molar refractivity (Wildman–Crippen MR) is 65.6 cm³/mol. The lowest BCUT2D eigenvalue weighted by Crippen LogP contribution is -2.02. The van der Waals surface area contributed by atoms with E-state index in [9.17, 15) is 4.39 Å². The van der Waals surface area contributed by atoms with Crippen molar-refractivity contribution in [1.29, 1.82) is 0 Å². The number of nitrogen functional groups attached to an aromatic ring is 1. The zero-order valence-electron chi connectivity index (χ0n) is 9.66. The van der Waals surface area contributed by atoms with Gasteiger partial charge in [-0.15, -0.1) is 0 Å². The molecule has 4 nitrogen and oxygen atoms in total. The van der Waals surface area contributed by atoms with Crippen molar-refractivity contribution >= 4 is 17.5 Å². The molecule has 2 aromatic rings. The van der Waals surface area contributed by atoms with Crippen LogP contribution in [-0.4, -0.2) is 9.97 Å². The third-order valence-electron chi connectivity index (χ3n) is 2.25. The molecule has 0 aliphatic heterocycles. The second-order valence-corrected chi connectivity index (χ2v) is 3.93. The summed E-state index contributed by atoms with van der Waals surface area (Å²) in [5.74, 6) is -0.489. The van der Waals surface area contributed by atoms with Gasteiger partial charge in [0.15, 0.2) is 11.6 Å². The number of nitrogens with two attached hydrogens (primary N) is 1. The first-order valence-corrected chi connectivity index (χ1v) is 5.18. The van der Waals surface area contributed by atoms with Crippen molar-refractivity contribution in [3.05, 3.63) is 41.3 Å². The summed E-state index contributed by atoms with van der Waals surface area (Å²) in [6, 6.07) is 5.97. The summed E-state index contributed by atoms with van der Waals surface area (Å²) in [7, 11) is 0. The molecule has 0 fully saturated rings. The number of hydrogen-bond acceptors (Lipinski definition) is 4. The van der Waals surface area contributed by atoms with E-state index in [-0.39, 0.29) is 11.8 Å². The third-order valence-corrected chi connectivity index (χ3v) is 2.25. The number of hydrogen-bond donors (Lipinski definition) is 2. The minimum absolute atomic E-state index is 0.160. The first-order valence-electron chi connectivity index (χ1n) is 5.18. The molecule has 88 valence electrons. The van der Waals surface area contributed by atoms with E-state index >= 15 is 0 Å². The molecule has 0 amide bonds. The van der Waals surface area contributed by atoms with E-state index in [2.05, 4.69) is 21.4 Å². The van der Waals surface area contributed by atoms with Crippen molar-refractivity contribution in [3.63, 3.8) is 0 Å². The Hall–Kier alpha value is -2.17. The van der Waals surface area contributed by atoms with E-state index in [1.807, 2.05) is 26.0 Å². The Morgan fingerprint density at radius 3 is 2.41 bits per heavy atom. The molecule has 0 aliphatic carbocycles. The molecule has 1 heterocycles. The monoisotopic (exact) mass is 232 g/mol. The van der Waals surface area contributed by atoms with Crippen molar-refractivity contribution < 1.29 is 4.39 Å². The Morgan fingerprint density at radius 2 is 1.82 bits per heavy atom. The van der Waals surface area contributed by atoms with Gasteiger partial charge in [0.25, 0.3) is 0 Å². The molecule has 0 unspecified atom stereocenters. The summed E-state index contributed by atoms with van der Waals surface area (Å²) in [4.78, 5) is 7.62. The molecule has 1 aromatic heterocycles. The second kappa shape index (κ2) is 4.37. The molecule has 1 aromatic carbocycles. The number of nitrogens with one attached hydrogen (secondary N) is 1. The van der Waals surface area contributed by atoms with Crippen molar-refractivity contribution in [2.24, 2.45) is 0 Å². The van der Waals surface area contributed by atoms with Gasteiger partial charge in [-0.2, -0.15) is 4.98 Å². The van der Waals surface area contributed by atoms with Crippen molar-refractivity contribution in [2.75, 3.05) is 11.1 Å². The molecule has 5 heteroatoms. The molecular weight excluding hydrogens is 219 g/mol. The molecule has 0 saturated heterocycles. The number of aromatic nitrogens is 2. The van der Waals surface area contributed by atoms with Crippen LogP contribution >= 0.6 is 0 Å². The molecule has 0 bridgehead atoms. The minimum atomic E-state index is -0.615. The van der Waals surface area contributed by atoms with Gasteiger partial charge < -0.3 is 11.1 Å². The van der Waals surface area contributed by atoms with Gasteiger partial charge in [0.05, 0.1) is 6.20 Å². The summed E-state index contributed by atoms with van der Waals surface area (Å²) in [6.45, 7) is 4.00. The lowest BCUT2D eigenvalue weighted by atomic mass is 10.1. The predicted octanol–water partition coefficient (Wildman–Crippen LogP) is 2.56. The normalized spacial score (nSPS) is 10.3. The fraction of sp³-hybridized carbons (Fsp3) is 0.167. The maximum atomic E-state index is 12.9. The average molecular weight is 232 g/mol. The van der Waals surface area contributed by atoms with Crippen LogP contribution in [0.4, 0.5) is 21.8 Å². The molecule has 0 spiro atoms. The summed E-state index contributed by atoms with van der Waals surface area (Å²) in [5.41, 5.74) is 8.48. The standard InChI is InChI=1S/C12H13FN4/c1-7-3-8(2)5-9(4-7)16-12-15-6-10(13)11(14)17-12/h3-6H,1-2H3,(H3,14,15,16,17). The Kier molecular flexibility index (Phi) is 2.91. The second-order valence-electron chi connectivity index (χ2n) is 3.93. The van der Waals surface area contributed by atoms with E-state index in [1.165, 1.54) is 0 Å². The number of nitrogens with zero attached hydrogens (tertiary/aromatic N) is 2. The number of halogens is 1. The van der Waals surface area contributed by atoms with Crippen LogP contribution < -0.4 is 11.1 Å². The van der Waals surface area contributed by atoms with E-state index in [0.717, 1.165) is 23.0 Å². The Morgan fingerprint density at radius 1 is 1.18 bits per heavy atom. The maximum Gasteiger partial charge on any atom is 0.229 e. The lowest BCUT2D eigenvalue weighted by Gasteiger charge is -2.07. The lowest BCUT2D eigenvalue weighted by molar-refractivity contribution is 0.620. The molecular formula is C12H13FN4. The fourth-order valence-corrected chi connectivity index (χ4v) is 1.62. The molecule has 17 heavy (non-hydrogen) atoms. The van der Waals surface area contributed by atoms with Crippen LogP contribution in [-0.2, 0) is 0 Å². The van der Waals surface area contributed by atoms with E-state index < -0.39 is 5.82 Å². The molecule has 0 saturated carbocycles. The highest BCUT2D eigenvalue weighted by molar-refractivity contribution is 5.56. The van der Waals surface area contributed by atoms with E-state index in [1.54, 1.807) is 0 Å². The number of anilines is 3. The topological polar surface area (TPSA) is 63.8 Å². The highest BCUT2D eigenvalue weighted by Crippen LogP contribution is 2.18. The Balaban J connectivity index is 2.28. The molecule has 0 aliphatic rings. The van der Waals surface area contributed by atoms with Gasteiger partial charge in [0.2, 0.25) is 5.95 Å². The van der Waals surface area contributed by atoms with Crippen LogP contribution in [0.15, 0.2) is 24.4 Å². The van der Waals surface area contributed by atoms with Gasteiger partial charge in [-0.25, -0.2) is 9.37 Å². The fourth-order valence-electron chi connectivity index (χ4n) is 1.62. The van der Waals surface area contributed by atoms with Crippen LogP contribution in [0.25, 0.3) is 0 Å².